The van der Waals surface area contributed by atoms with Crippen LogP contribution in [0.3, 0.4) is 0 Å². The van der Waals surface area contributed by atoms with Gasteiger partial charge in [-0.1, -0.05) is 36.8 Å². The minimum Gasteiger partial charge on any atom is -0.447 e. The van der Waals surface area contributed by atoms with Gasteiger partial charge in [0, 0.05) is 30.7 Å². The molecule has 2 atom stereocenters. The third-order valence-corrected chi connectivity index (χ3v) is 7.74. The molecule has 0 saturated carbocycles. The van der Waals surface area contributed by atoms with Crippen molar-refractivity contribution in [1.29, 1.82) is 0 Å². The van der Waals surface area contributed by atoms with Crippen molar-refractivity contribution in [2.24, 2.45) is 10.5 Å². The van der Waals surface area contributed by atoms with Crippen molar-refractivity contribution >= 4 is 22.1 Å². The molecule has 1 aliphatic heterocycles. The van der Waals surface area contributed by atoms with E-state index >= 15 is 0 Å². The molecule has 1 aliphatic rings. The Morgan fingerprint density at radius 1 is 1.14 bits per heavy atom. The zero-order valence-corrected chi connectivity index (χ0v) is 24.6. The Balaban J connectivity index is 1.37. The number of carbonyl (C=O) groups is 2. The molecule has 1 saturated heterocycles. The fourth-order valence-electron chi connectivity index (χ4n) is 3.92. The fraction of sp³-hybridized carbons (Fsp3) is 0.370. The van der Waals surface area contributed by atoms with Gasteiger partial charge in [0.25, 0.3) is 16.3 Å². The Morgan fingerprint density at radius 2 is 1.82 bits per heavy atom. The third-order valence-electron chi connectivity index (χ3n) is 6.41. The van der Waals surface area contributed by atoms with Crippen LogP contribution < -0.4 is 4.72 Å². The van der Waals surface area contributed by atoms with Gasteiger partial charge in [0.2, 0.25) is 0 Å². The van der Waals surface area contributed by atoms with Crippen LogP contribution in [0.5, 0.6) is 0 Å². The number of hydrogen-bond acceptors (Lipinski definition) is 10. The summed E-state index contributed by atoms with van der Waals surface area (Å²) in [4.78, 5) is 28.1. The second-order valence-electron chi connectivity index (χ2n) is 9.68. The third kappa shape index (κ3) is 8.03. The summed E-state index contributed by atoms with van der Waals surface area (Å²) in [5, 5.41) is 12.4. The van der Waals surface area contributed by atoms with Gasteiger partial charge in [-0.15, -0.1) is 0 Å². The standard InChI is InChI=1S/C27H29F3N6O7S/c1-4-25(37)42-18(3)43-34-33-35-14-13-21(35)16-41-26(38)32-44(39,40)22-11-9-20(10-12-22)36-23(15-24(31-36)27(28,29)30)19-7-5-17(2)6-8-19/h5-12,15,18,21H,4,13-14,16H2,1-3H3,(H,32,38). The maximum atomic E-state index is 13.5. The molecule has 44 heavy (non-hydrogen) atoms. The number of hydrogen-bond donors (Lipinski definition) is 1. The van der Waals surface area contributed by atoms with Gasteiger partial charge < -0.3 is 14.3 Å². The molecule has 1 amide bonds. The first kappa shape index (κ1) is 32.2. The number of nitrogens with one attached hydrogen (secondary N) is 1. The van der Waals surface area contributed by atoms with Gasteiger partial charge in [0.05, 0.1) is 22.3 Å². The van der Waals surface area contributed by atoms with Crippen LogP contribution in [0, 0.1) is 6.92 Å². The highest BCUT2D eigenvalue weighted by Gasteiger charge is 2.35. The number of alkyl halides is 3. The first-order chi connectivity index (χ1) is 20.8. The summed E-state index contributed by atoms with van der Waals surface area (Å²) in [5.74, 6) is -0.468. The maximum Gasteiger partial charge on any atom is 0.435 e. The van der Waals surface area contributed by atoms with Crippen LogP contribution in [-0.4, -0.2) is 60.8 Å². The second-order valence-corrected chi connectivity index (χ2v) is 11.4. The Bertz CT molecular complexity index is 1610. The number of esters is 1. The second kappa shape index (κ2) is 13.3. The average Bonchev–Trinajstić information content (AvgIpc) is 3.41. The Hall–Kier alpha value is -4.67. The molecule has 13 nitrogen and oxygen atoms in total. The number of amides is 1. The van der Waals surface area contributed by atoms with Crippen molar-refractivity contribution in [3.63, 3.8) is 0 Å². The average molecular weight is 639 g/mol. The molecule has 236 valence electrons. The molecule has 2 unspecified atom stereocenters. The summed E-state index contributed by atoms with van der Waals surface area (Å²) in [5.41, 5.74) is 0.601. The highest BCUT2D eigenvalue weighted by Crippen LogP contribution is 2.33. The van der Waals surface area contributed by atoms with E-state index in [0.29, 0.717) is 18.5 Å². The topological polar surface area (TPSA) is 154 Å². The number of carbonyl (C=O) groups excluding carboxylic acids is 2. The summed E-state index contributed by atoms with van der Waals surface area (Å²) in [6.07, 6.45) is -6.13. The number of nitrogens with zero attached hydrogens (tertiary/aromatic N) is 5. The molecule has 2 heterocycles. The summed E-state index contributed by atoms with van der Waals surface area (Å²) < 4.78 is 78.7. The van der Waals surface area contributed by atoms with E-state index in [1.807, 2.05) is 6.92 Å². The fourth-order valence-corrected chi connectivity index (χ4v) is 4.81. The van der Waals surface area contributed by atoms with Crippen LogP contribution in [0.2, 0.25) is 0 Å². The van der Waals surface area contributed by atoms with Crippen LogP contribution in [0.4, 0.5) is 18.0 Å². The smallest absolute Gasteiger partial charge is 0.435 e. The van der Waals surface area contributed by atoms with Crippen LogP contribution in [0.25, 0.3) is 16.9 Å². The number of aryl methyl sites for hydroxylation is 1. The molecular formula is C27H29F3N6O7S. The molecule has 2 aromatic carbocycles. The van der Waals surface area contributed by atoms with Gasteiger partial charge in [0.1, 0.15) is 6.61 Å². The zero-order chi connectivity index (χ0) is 32.1. The highest BCUT2D eigenvalue weighted by molar-refractivity contribution is 7.90. The first-order valence-corrected chi connectivity index (χ1v) is 14.8. The lowest BCUT2D eigenvalue weighted by Gasteiger charge is -2.36. The van der Waals surface area contributed by atoms with Crippen LogP contribution in [0.15, 0.2) is 70.0 Å². The van der Waals surface area contributed by atoms with E-state index in [2.05, 4.69) is 15.6 Å². The lowest BCUT2D eigenvalue weighted by Crippen LogP contribution is -2.47. The van der Waals surface area contributed by atoms with Gasteiger partial charge in [0.15, 0.2) is 5.69 Å². The molecule has 0 spiro atoms. The summed E-state index contributed by atoms with van der Waals surface area (Å²) >= 11 is 0. The zero-order valence-electron chi connectivity index (χ0n) is 23.8. The van der Waals surface area contributed by atoms with E-state index in [9.17, 15) is 31.2 Å². The van der Waals surface area contributed by atoms with Gasteiger partial charge >= 0.3 is 18.2 Å². The van der Waals surface area contributed by atoms with Crippen molar-refractivity contribution in [1.82, 2.24) is 19.5 Å². The predicted molar refractivity (Wildman–Crippen MR) is 147 cm³/mol. The van der Waals surface area contributed by atoms with Gasteiger partial charge in [-0.2, -0.15) is 18.3 Å². The van der Waals surface area contributed by atoms with Crippen molar-refractivity contribution in [3.8, 4) is 16.9 Å². The number of ether oxygens (including phenoxy) is 2. The lowest BCUT2D eigenvalue weighted by molar-refractivity contribution is -0.178. The lowest BCUT2D eigenvalue weighted by atomic mass is 10.1. The molecule has 0 radical (unpaired) electrons. The number of benzene rings is 2. The predicted octanol–water partition coefficient (Wildman–Crippen LogP) is 4.95. The van der Waals surface area contributed by atoms with Crippen molar-refractivity contribution in [2.75, 3.05) is 13.2 Å². The Labute approximate surface area is 250 Å². The van der Waals surface area contributed by atoms with E-state index in [1.165, 1.54) is 24.1 Å². The highest BCUT2D eigenvalue weighted by atomic mass is 32.2. The minimum atomic E-state index is -4.70. The summed E-state index contributed by atoms with van der Waals surface area (Å²) in [6, 6.07) is 12.1. The van der Waals surface area contributed by atoms with E-state index < -0.39 is 40.2 Å². The molecular weight excluding hydrogens is 609 g/mol. The monoisotopic (exact) mass is 638 g/mol. The van der Waals surface area contributed by atoms with E-state index in [1.54, 1.807) is 35.9 Å². The molecule has 0 bridgehead atoms. The van der Waals surface area contributed by atoms with Crippen LogP contribution >= 0.6 is 0 Å². The number of aromatic nitrogens is 2. The van der Waals surface area contributed by atoms with Gasteiger partial charge in [-0.3, -0.25) is 9.80 Å². The summed E-state index contributed by atoms with van der Waals surface area (Å²) in [6.45, 7) is 5.20. The van der Waals surface area contributed by atoms with Gasteiger partial charge in [-0.25, -0.2) is 22.6 Å². The molecule has 4 rings (SSSR count). The van der Waals surface area contributed by atoms with Crippen molar-refractivity contribution in [2.45, 2.75) is 57.0 Å². The molecule has 0 aliphatic carbocycles. The van der Waals surface area contributed by atoms with Crippen LogP contribution in [-0.2, 0) is 35.3 Å². The van der Waals surface area contributed by atoms with Gasteiger partial charge in [-0.05, 0) is 48.9 Å². The van der Waals surface area contributed by atoms with E-state index in [0.717, 1.165) is 28.4 Å². The molecule has 1 aromatic heterocycles. The summed E-state index contributed by atoms with van der Waals surface area (Å²) in [7, 11) is -4.38. The van der Waals surface area contributed by atoms with Crippen molar-refractivity contribution < 1.29 is 45.5 Å². The molecule has 3 aromatic rings. The molecule has 1 fully saturated rings. The number of halogens is 3. The maximum absolute atomic E-state index is 13.5. The molecule has 17 heteroatoms. The Kier molecular flexibility index (Phi) is 9.76. The quantitative estimate of drug-likeness (QED) is 0.133. The van der Waals surface area contributed by atoms with E-state index in [4.69, 9.17) is 14.3 Å². The number of rotatable bonds is 11. The largest absolute Gasteiger partial charge is 0.447 e. The Morgan fingerprint density at radius 3 is 2.41 bits per heavy atom. The van der Waals surface area contributed by atoms with Crippen molar-refractivity contribution in [3.05, 3.63) is 65.9 Å². The normalized spacial score (nSPS) is 15.9. The first-order valence-electron chi connectivity index (χ1n) is 13.3. The number of sulfonamides is 1. The van der Waals surface area contributed by atoms with E-state index in [-0.39, 0.29) is 35.3 Å². The van der Waals surface area contributed by atoms with Crippen LogP contribution in [0.1, 0.15) is 37.9 Å². The SMILES string of the molecule is CCC(=O)OC(C)ON=NN1CCC1COC(=O)NS(=O)(=O)c1ccc(-n2nc(C(F)(F)F)cc2-c2ccc(C)cc2)cc1. The minimum absolute atomic E-state index is 0.153. The molecule has 1 N–H and O–H groups in total.